The molecule has 6 atom stereocenters. The maximum Gasteiger partial charge on any atom is 0.115 e. The molecule has 0 aromatic heterocycles. The largest absolute Gasteiger partial charge is 0.387 e. The topological polar surface area (TPSA) is 77.4 Å². The lowest BCUT2D eigenvalue weighted by molar-refractivity contribution is -0.266. The first-order valence-corrected chi connectivity index (χ1v) is 11.4. The molecule has 0 aromatic carbocycles. The number of hydrogen-bond acceptors (Lipinski definition) is 6. The van der Waals surface area contributed by atoms with E-state index in [0.717, 1.165) is 51.4 Å². The molecule has 28 heavy (non-hydrogen) atoms. The van der Waals surface area contributed by atoms with Gasteiger partial charge in [-0.2, -0.15) is 0 Å². The molecule has 0 spiro atoms. The van der Waals surface area contributed by atoms with Crippen LogP contribution in [0.5, 0.6) is 0 Å². The number of hydrogen-bond donors (Lipinski definition) is 2. The van der Waals surface area contributed by atoms with Crippen LogP contribution in [-0.2, 0) is 18.9 Å². The third-order valence-corrected chi connectivity index (χ3v) is 5.23. The summed E-state index contributed by atoms with van der Waals surface area (Å²) in [7, 11) is 0. The van der Waals surface area contributed by atoms with Crippen molar-refractivity contribution in [3.8, 4) is 0 Å². The zero-order valence-electron chi connectivity index (χ0n) is 18.5. The number of rotatable bonds is 16. The Kier molecular flexibility index (Phi) is 14.4. The summed E-state index contributed by atoms with van der Waals surface area (Å²) in [6.45, 7) is 10.6. The highest BCUT2D eigenvalue weighted by molar-refractivity contribution is 5.02. The van der Waals surface area contributed by atoms with Crippen LogP contribution in [0, 0.1) is 0 Å². The fraction of sp³-hybridized carbons (Fsp3) is 1.00. The molecule has 1 saturated carbocycles. The molecule has 0 saturated heterocycles. The Labute approximate surface area is 171 Å². The Balaban J connectivity index is 2.98. The fourth-order valence-corrected chi connectivity index (χ4v) is 3.37. The van der Waals surface area contributed by atoms with Crippen molar-refractivity contribution in [1.82, 2.24) is 0 Å². The summed E-state index contributed by atoms with van der Waals surface area (Å²) in [5.74, 6) is 0. The number of unbranched alkanes of at least 4 members (excludes halogenated alkanes) is 4. The van der Waals surface area contributed by atoms with Crippen LogP contribution in [-0.4, -0.2) is 73.3 Å². The van der Waals surface area contributed by atoms with E-state index in [1.807, 2.05) is 0 Å². The first kappa shape index (κ1) is 25.8. The van der Waals surface area contributed by atoms with Crippen LogP contribution < -0.4 is 0 Å². The maximum absolute atomic E-state index is 10.8. The van der Waals surface area contributed by atoms with Gasteiger partial charge in [-0.3, -0.25) is 0 Å². The molecule has 6 nitrogen and oxygen atoms in total. The van der Waals surface area contributed by atoms with E-state index < -0.39 is 36.6 Å². The minimum absolute atomic E-state index is 0.453. The van der Waals surface area contributed by atoms with Crippen molar-refractivity contribution in [2.24, 2.45) is 0 Å². The van der Waals surface area contributed by atoms with Crippen molar-refractivity contribution in [3.05, 3.63) is 0 Å². The Morgan fingerprint density at radius 1 is 0.464 bits per heavy atom. The molecule has 0 radical (unpaired) electrons. The Morgan fingerprint density at radius 2 is 0.714 bits per heavy atom. The van der Waals surface area contributed by atoms with Crippen LogP contribution in [0.3, 0.4) is 0 Å². The van der Waals surface area contributed by atoms with E-state index in [2.05, 4.69) is 27.7 Å². The van der Waals surface area contributed by atoms with Crippen molar-refractivity contribution in [3.63, 3.8) is 0 Å². The van der Waals surface area contributed by atoms with Gasteiger partial charge in [0.2, 0.25) is 0 Å². The van der Waals surface area contributed by atoms with Crippen molar-refractivity contribution in [1.29, 1.82) is 0 Å². The van der Waals surface area contributed by atoms with Crippen molar-refractivity contribution >= 4 is 0 Å². The second kappa shape index (κ2) is 15.6. The zero-order chi connectivity index (χ0) is 20.8. The molecule has 168 valence electrons. The summed E-state index contributed by atoms with van der Waals surface area (Å²) < 4.78 is 24.3. The minimum Gasteiger partial charge on any atom is -0.387 e. The van der Waals surface area contributed by atoms with Gasteiger partial charge >= 0.3 is 0 Å². The van der Waals surface area contributed by atoms with E-state index in [1.165, 1.54) is 0 Å². The molecule has 6 heteroatoms. The molecule has 1 fully saturated rings. The van der Waals surface area contributed by atoms with E-state index in [-0.39, 0.29) is 0 Å². The quantitative estimate of drug-likeness (QED) is 0.384. The van der Waals surface area contributed by atoms with Crippen LogP contribution in [0.2, 0.25) is 0 Å². The van der Waals surface area contributed by atoms with Crippen LogP contribution in [0.15, 0.2) is 0 Å². The van der Waals surface area contributed by atoms with E-state index in [0.29, 0.717) is 26.4 Å². The fourth-order valence-electron chi connectivity index (χ4n) is 3.37. The van der Waals surface area contributed by atoms with Gasteiger partial charge < -0.3 is 29.2 Å². The maximum atomic E-state index is 10.8. The number of aliphatic hydroxyl groups excluding tert-OH is 2. The molecule has 1 aliphatic carbocycles. The van der Waals surface area contributed by atoms with Crippen LogP contribution >= 0.6 is 0 Å². The summed E-state index contributed by atoms with van der Waals surface area (Å²) in [5, 5.41) is 21.6. The van der Waals surface area contributed by atoms with Gasteiger partial charge in [0.25, 0.3) is 0 Å². The highest BCUT2D eigenvalue weighted by Crippen LogP contribution is 2.31. The van der Waals surface area contributed by atoms with E-state index in [9.17, 15) is 10.2 Å². The lowest BCUT2D eigenvalue weighted by Crippen LogP contribution is -2.66. The summed E-state index contributed by atoms with van der Waals surface area (Å²) >= 11 is 0. The SMILES string of the molecule is CCCCOC1C(OCCCC)[C@H](OCCCC)[C@H](OCCCC)C(O)[C@@H]1O. The van der Waals surface area contributed by atoms with Gasteiger partial charge in [0.15, 0.2) is 0 Å². The summed E-state index contributed by atoms with van der Waals surface area (Å²) in [6, 6.07) is 0. The minimum atomic E-state index is -1.05. The molecule has 3 unspecified atom stereocenters. The van der Waals surface area contributed by atoms with Crippen molar-refractivity contribution in [2.45, 2.75) is 116 Å². The number of ether oxygens (including phenoxy) is 4. The second-order valence-electron chi connectivity index (χ2n) is 7.74. The van der Waals surface area contributed by atoms with Crippen LogP contribution in [0.4, 0.5) is 0 Å². The van der Waals surface area contributed by atoms with Crippen molar-refractivity contribution < 1.29 is 29.2 Å². The third-order valence-electron chi connectivity index (χ3n) is 5.23. The highest BCUT2D eigenvalue weighted by atomic mass is 16.6. The van der Waals surface area contributed by atoms with Crippen LogP contribution in [0.25, 0.3) is 0 Å². The zero-order valence-corrected chi connectivity index (χ0v) is 18.5. The third kappa shape index (κ3) is 8.25. The Morgan fingerprint density at radius 3 is 0.964 bits per heavy atom. The molecular formula is C22H44O6. The smallest absolute Gasteiger partial charge is 0.115 e. The monoisotopic (exact) mass is 404 g/mol. The molecular weight excluding hydrogens is 360 g/mol. The summed E-state index contributed by atoms with van der Waals surface area (Å²) in [4.78, 5) is 0. The van der Waals surface area contributed by atoms with Gasteiger partial charge in [0.05, 0.1) is 0 Å². The molecule has 1 aliphatic rings. The molecule has 0 heterocycles. The lowest BCUT2D eigenvalue weighted by Gasteiger charge is -2.47. The predicted octanol–water partition coefficient (Wildman–Crippen LogP) is 3.46. The summed E-state index contributed by atoms with van der Waals surface area (Å²) in [6.07, 6.45) is 3.48. The predicted molar refractivity (Wildman–Crippen MR) is 111 cm³/mol. The average molecular weight is 405 g/mol. The molecule has 2 N–H and O–H groups in total. The Bertz CT molecular complexity index is 333. The normalized spacial score (nSPS) is 30.6. The first-order valence-electron chi connectivity index (χ1n) is 11.4. The van der Waals surface area contributed by atoms with Gasteiger partial charge in [-0.15, -0.1) is 0 Å². The molecule has 0 amide bonds. The summed E-state index contributed by atoms with van der Waals surface area (Å²) in [5.41, 5.74) is 0. The van der Waals surface area contributed by atoms with Gasteiger partial charge in [0.1, 0.15) is 36.6 Å². The van der Waals surface area contributed by atoms with E-state index in [1.54, 1.807) is 0 Å². The average Bonchev–Trinajstić information content (AvgIpc) is 2.69. The molecule has 0 aliphatic heterocycles. The molecule has 0 bridgehead atoms. The van der Waals surface area contributed by atoms with Crippen LogP contribution in [0.1, 0.15) is 79.1 Å². The highest BCUT2D eigenvalue weighted by Gasteiger charge is 2.52. The van der Waals surface area contributed by atoms with Gasteiger partial charge in [-0.1, -0.05) is 53.4 Å². The Hall–Kier alpha value is -0.240. The van der Waals surface area contributed by atoms with E-state index >= 15 is 0 Å². The molecule has 1 rings (SSSR count). The van der Waals surface area contributed by atoms with Gasteiger partial charge in [0, 0.05) is 26.4 Å². The van der Waals surface area contributed by atoms with Gasteiger partial charge in [-0.25, -0.2) is 0 Å². The molecule has 0 aromatic rings. The van der Waals surface area contributed by atoms with Crippen molar-refractivity contribution in [2.75, 3.05) is 26.4 Å². The van der Waals surface area contributed by atoms with Gasteiger partial charge in [-0.05, 0) is 25.7 Å². The lowest BCUT2D eigenvalue weighted by atomic mass is 9.84. The second-order valence-corrected chi connectivity index (χ2v) is 7.74. The van der Waals surface area contributed by atoms with E-state index in [4.69, 9.17) is 18.9 Å². The number of aliphatic hydroxyl groups is 2. The first-order chi connectivity index (χ1) is 13.6. The standard InChI is InChI=1S/C22H44O6/c1-5-9-13-25-19-17(23)18(24)20(26-14-10-6-2)22(28-16-12-8-4)21(19)27-15-11-7-3/h17-24H,5-16H2,1-4H3/t17-,18?,19?,20+,21?,22+/m0/s1.